The molecule has 0 aromatic carbocycles. The molecule has 0 saturated carbocycles. The van der Waals surface area contributed by atoms with Gasteiger partial charge in [0.2, 0.25) is 5.91 Å². The Labute approximate surface area is 156 Å². The van der Waals surface area contributed by atoms with Crippen molar-refractivity contribution in [2.45, 2.75) is 51.0 Å². The van der Waals surface area contributed by atoms with Crippen LogP contribution in [-0.2, 0) is 23.0 Å². The fourth-order valence-electron chi connectivity index (χ4n) is 4.85. The van der Waals surface area contributed by atoms with E-state index >= 15 is 0 Å². The predicted octanol–water partition coefficient (Wildman–Crippen LogP) is 1.85. The minimum absolute atomic E-state index is 0.272. The molecule has 1 aromatic rings. The van der Waals surface area contributed by atoms with Crippen LogP contribution in [0, 0.1) is 5.41 Å². The number of rotatable bonds is 5. The van der Waals surface area contributed by atoms with E-state index in [0.717, 1.165) is 71.4 Å². The molecular weight excluding hydrogens is 328 g/mol. The fourth-order valence-corrected chi connectivity index (χ4v) is 4.85. The largest absolute Gasteiger partial charge is 0.376 e. The van der Waals surface area contributed by atoms with Crippen LogP contribution in [0.5, 0.6) is 0 Å². The Balaban J connectivity index is 1.27. The molecule has 6 heteroatoms. The third-order valence-corrected chi connectivity index (χ3v) is 6.59. The minimum atomic E-state index is 0.272. The van der Waals surface area contributed by atoms with Crippen molar-refractivity contribution in [2.75, 3.05) is 39.3 Å². The van der Waals surface area contributed by atoms with Gasteiger partial charge in [-0.3, -0.25) is 9.48 Å². The quantitative estimate of drug-likeness (QED) is 0.804. The molecule has 1 amide bonds. The Morgan fingerprint density at radius 3 is 2.85 bits per heavy atom. The smallest absolute Gasteiger partial charge is 0.222 e. The van der Waals surface area contributed by atoms with E-state index in [1.54, 1.807) is 0 Å². The van der Waals surface area contributed by atoms with Crippen LogP contribution in [0.25, 0.3) is 0 Å². The highest BCUT2D eigenvalue weighted by Gasteiger charge is 2.41. The number of nitrogens with zero attached hydrogens (tertiary/aromatic N) is 4. The first kappa shape index (κ1) is 18.0. The molecule has 0 aliphatic carbocycles. The summed E-state index contributed by atoms with van der Waals surface area (Å²) in [7, 11) is 1.97. The first-order chi connectivity index (χ1) is 12.6. The second kappa shape index (κ2) is 7.69. The second-order valence-corrected chi connectivity index (χ2v) is 8.52. The van der Waals surface area contributed by atoms with Crippen molar-refractivity contribution in [1.29, 1.82) is 0 Å². The fraction of sp³-hybridized carbons (Fsp3) is 0.800. The topological polar surface area (TPSA) is 50.6 Å². The zero-order valence-corrected chi connectivity index (χ0v) is 16.0. The lowest BCUT2D eigenvalue weighted by atomic mass is 9.72. The summed E-state index contributed by atoms with van der Waals surface area (Å²) in [5.41, 5.74) is 1.66. The summed E-state index contributed by atoms with van der Waals surface area (Å²) in [4.78, 5) is 17.1. The highest BCUT2D eigenvalue weighted by Crippen LogP contribution is 2.40. The number of aryl methyl sites for hydroxylation is 1. The summed E-state index contributed by atoms with van der Waals surface area (Å²) in [5.74, 6) is 0.338. The molecule has 144 valence electrons. The van der Waals surface area contributed by atoms with Crippen LogP contribution < -0.4 is 0 Å². The van der Waals surface area contributed by atoms with Crippen LogP contribution in [0.4, 0.5) is 0 Å². The Morgan fingerprint density at radius 1 is 1.31 bits per heavy atom. The van der Waals surface area contributed by atoms with Crippen molar-refractivity contribution in [3.05, 3.63) is 18.0 Å². The van der Waals surface area contributed by atoms with Gasteiger partial charge < -0.3 is 14.5 Å². The van der Waals surface area contributed by atoms with Gasteiger partial charge in [0.25, 0.3) is 0 Å². The van der Waals surface area contributed by atoms with Gasteiger partial charge in [-0.15, -0.1) is 0 Å². The van der Waals surface area contributed by atoms with Crippen molar-refractivity contribution in [3.8, 4) is 0 Å². The minimum Gasteiger partial charge on any atom is -0.376 e. The van der Waals surface area contributed by atoms with E-state index in [1.165, 1.54) is 18.4 Å². The van der Waals surface area contributed by atoms with Crippen LogP contribution >= 0.6 is 0 Å². The maximum atomic E-state index is 12.4. The number of carbonyl (C=O) groups excluding carboxylic acids is 1. The van der Waals surface area contributed by atoms with Gasteiger partial charge in [-0.2, -0.15) is 5.10 Å². The molecule has 6 nitrogen and oxygen atoms in total. The van der Waals surface area contributed by atoms with Gasteiger partial charge >= 0.3 is 0 Å². The Kier molecular flexibility index (Phi) is 5.32. The second-order valence-electron chi connectivity index (χ2n) is 8.52. The maximum absolute atomic E-state index is 12.4. The molecule has 0 N–H and O–H groups in total. The standard InChI is InChI=1S/C20H32N4O2/c1-22-14-17(13-21-22)5-9-23-10-7-20(8-11-23)6-4-19(25)24(16-20)15-18-3-2-12-26-18/h13-14,18H,2-12,15-16H2,1H3/t18-/m0/s1. The highest BCUT2D eigenvalue weighted by atomic mass is 16.5. The molecule has 1 aromatic heterocycles. The monoisotopic (exact) mass is 360 g/mol. The van der Waals surface area contributed by atoms with Crippen molar-refractivity contribution in [3.63, 3.8) is 0 Å². The molecule has 3 fully saturated rings. The number of carbonyl (C=O) groups is 1. The van der Waals surface area contributed by atoms with E-state index in [0.29, 0.717) is 11.3 Å². The van der Waals surface area contributed by atoms with Crippen LogP contribution in [0.1, 0.15) is 44.1 Å². The summed E-state index contributed by atoms with van der Waals surface area (Å²) in [5, 5.41) is 4.26. The van der Waals surface area contributed by atoms with E-state index in [4.69, 9.17) is 4.74 Å². The van der Waals surface area contributed by atoms with E-state index in [-0.39, 0.29) is 6.10 Å². The number of piperidine rings is 2. The van der Waals surface area contributed by atoms with Crippen molar-refractivity contribution >= 4 is 5.91 Å². The highest BCUT2D eigenvalue weighted by molar-refractivity contribution is 5.77. The summed E-state index contributed by atoms with van der Waals surface area (Å²) >= 11 is 0. The molecule has 3 aliphatic heterocycles. The number of amides is 1. The Morgan fingerprint density at radius 2 is 2.15 bits per heavy atom. The lowest BCUT2D eigenvalue weighted by Gasteiger charge is -2.48. The zero-order valence-electron chi connectivity index (χ0n) is 16.0. The van der Waals surface area contributed by atoms with Crippen LogP contribution in [0.2, 0.25) is 0 Å². The van der Waals surface area contributed by atoms with Crippen molar-refractivity contribution < 1.29 is 9.53 Å². The number of aromatic nitrogens is 2. The average molecular weight is 361 g/mol. The van der Waals surface area contributed by atoms with Gasteiger partial charge in [-0.1, -0.05) is 0 Å². The van der Waals surface area contributed by atoms with Crippen molar-refractivity contribution in [1.82, 2.24) is 19.6 Å². The summed E-state index contributed by atoms with van der Waals surface area (Å²) < 4.78 is 7.64. The molecule has 1 atom stereocenters. The molecule has 26 heavy (non-hydrogen) atoms. The van der Waals surface area contributed by atoms with E-state index in [2.05, 4.69) is 21.1 Å². The van der Waals surface area contributed by atoms with Gasteiger partial charge in [-0.05, 0) is 62.6 Å². The predicted molar refractivity (Wildman–Crippen MR) is 99.8 cm³/mol. The Hall–Kier alpha value is -1.40. The summed E-state index contributed by atoms with van der Waals surface area (Å²) in [6, 6.07) is 0. The molecule has 0 radical (unpaired) electrons. The lowest BCUT2D eigenvalue weighted by molar-refractivity contribution is -0.141. The SMILES string of the molecule is Cn1cc(CCN2CCC3(CCC(=O)N(C[C@@H]4CCCO4)C3)CC2)cn1. The van der Waals surface area contributed by atoms with Gasteiger partial charge in [0.15, 0.2) is 0 Å². The van der Waals surface area contributed by atoms with Crippen LogP contribution in [-0.4, -0.2) is 70.9 Å². The molecular formula is C20H32N4O2. The number of hydrogen-bond acceptors (Lipinski definition) is 4. The van der Waals surface area contributed by atoms with E-state index in [9.17, 15) is 4.79 Å². The molecule has 0 bridgehead atoms. The number of hydrogen-bond donors (Lipinski definition) is 0. The van der Waals surface area contributed by atoms with Gasteiger partial charge in [-0.25, -0.2) is 0 Å². The number of likely N-dealkylation sites (tertiary alicyclic amines) is 2. The first-order valence-electron chi connectivity index (χ1n) is 10.2. The van der Waals surface area contributed by atoms with Crippen LogP contribution in [0.15, 0.2) is 12.4 Å². The summed E-state index contributed by atoms with van der Waals surface area (Å²) in [6.45, 7) is 6.04. The molecule has 4 heterocycles. The normalized spacial score (nSPS) is 26.7. The molecule has 1 spiro atoms. The third kappa shape index (κ3) is 4.12. The van der Waals surface area contributed by atoms with Gasteiger partial charge in [0.1, 0.15) is 0 Å². The molecule has 0 unspecified atom stereocenters. The Bertz CT molecular complexity index is 615. The van der Waals surface area contributed by atoms with Crippen molar-refractivity contribution in [2.24, 2.45) is 12.5 Å². The molecule has 3 aliphatic rings. The maximum Gasteiger partial charge on any atom is 0.222 e. The molecule has 4 rings (SSSR count). The third-order valence-electron chi connectivity index (χ3n) is 6.59. The van der Waals surface area contributed by atoms with Gasteiger partial charge in [0, 0.05) is 45.9 Å². The summed E-state index contributed by atoms with van der Waals surface area (Å²) in [6.07, 6.45) is 11.9. The lowest BCUT2D eigenvalue weighted by Crippen LogP contribution is -2.53. The van der Waals surface area contributed by atoms with Crippen LogP contribution in [0.3, 0.4) is 0 Å². The number of ether oxygens (including phenoxy) is 1. The molecule has 3 saturated heterocycles. The van der Waals surface area contributed by atoms with Gasteiger partial charge in [0.05, 0.1) is 12.3 Å². The average Bonchev–Trinajstić information content (AvgIpc) is 3.30. The zero-order chi connectivity index (χ0) is 18.0. The van der Waals surface area contributed by atoms with E-state index < -0.39 is 0 Å². The van der Waals surface area contributed by atoms with E-state index in [1.807, 2.05) is 17.9 Å². The first-order valence-corrected chi connectivity index (χ1v) is 10.2.